The molecule has 0 atom stereocenters. The summed E-state index contributed by atoms with van der Waals surface area (Å²) in [5, 5.41) is 8.47. The molecule has 0 spiro atoms. The van der Waals surface area contributed by atoms with Crippen LogP contribution in [0.15, 0.2) is 36.5 Å². The van der Waals surface area contributed by atoms with Crippen LogP contribution in [0, 0.1) is 0 Å². The molecule has 0 saturated carbocycles. The lowest BCUT2D eigenvalue weighted by molar-refractivity contribution is -0.136. The van der Waals surface area contributed by atoms with E-state index in [1.807, 2.05) is 6.08 Å². The summed E-state index contributed by atoms with van der Waals surface area (Å²) in [6, 6.07) is 0. The maximum atomic E-state index is 10.3. The lowest BCUT2D eigenvalue weighted by Crippen LogP contribution is -1.89. The van der Waals surface area contributed by atoms with Gasteiger partial charge in [-0.2, -0.15) is 0 Å². The fourth-order valence-corrected chi connectivity index (χ4v) is 2.16. The summed E-state index contributed by atoms with van der Waals surface area (Å²) in [5.41, 5.74) is 0. The van der Waals surface area contributed by atoms with E-state index in [1.165, 1.54) is 51.4 Å². The van der Waals surface area contributed by atoms with Crippen LogP contribution in [0.1, 0.15) is 84.0 Å². The zero-order chi connectivity index (χ0) is 16.3. The van der Waals surface area contributed by atoms with Gasteiger partial charge in [0.1, 0.15) is 0 Å². The molecule has 0 heterocycles. The maximum absolute atomic E-state index is 10.3. The van der Waals surface area contributed by atoms with Gasteiger partial charge in [0.2, 0.25) is 0 Å². The highest BCUT2D eigenvalue weighted by atomic mass is 16.4. The van der Waals surface area contributed by atoms with Crippen LogP contribution in [-0.4, -0.2) is 11.1 Å². The Kier molecular flexibility index (Phi) is 16.7. The number of allylic oxidation sites excluding steroid dienone is 5. The van der Waals surface area contributed by atoms with Crippen molar-refractivity contribution < 1.29 is 9.90 Å². The molecule has 0 aromatic heterocycles. The first kappa shape index (κ1) is 20.7. The van der Waals surface area contributed by atoms with Crippen molar-refractivity contribution in [2.75, 3.05) is 0 Å². The van der Waals surface area contributed by atoms with Gasteiger partial charge in [-0.25, -0.2) is 0 Å². The summed E-state index contributed by atoms with van der Waals surface area (Å²) in [6.45, 7) is 2.24. The van der Waals surface area contributed by atoms with E-state index < -0.39 is 5.97 Å². The molecular weight excluding hydrogens is 272 g/mol. The van der Waals surface area contributed by atoms with Gasteiger partial charge in [-0.1, -0.05) is 56.2 Å². The summed E-state index contributed by atoms with van der Waals surface area (Å²) in [5.74, 6) is -0.755. The Morgan fingerprint density at radius 2 is 1.09 bits per heavy atom. The van der Waals surface area contributed by atoms with Gasteiger partial charge in [-0.3, -0.25) is 4.79 Å². The molecule has 0 saturated heterocycles. The number of carboxylic acids is 1. The van der Waals surface area contributed by atoms with Crippen LogP contribution >= 0.6 is 0 Å². The van der Waals surface area contributed by atoms with Crippen molar-refractivity contribution in [3.63, 3.8) is 0 Å². The van der Waals surface area contributed by atoms with E-state index in [0.29, 0.717) is 0 Å². The second-order valence-corrected chi connectivity index (χ2v) is 5.72. The number of hydrogen-bond donors (Lipinski definition) is 1. The Morgan fingerprint density at radius 1 is 0.682 bits per heavy atom. The number of carbonyl (C=O) groups is 1. The molecule has 0 rings (SSSR count). The Bertz CT molecular complexity index is 327. The first-order valence-electron chi connectivity index (χ1n) is 8.94. The lowest BCUT2D eigenvalue weighted by atomic mass is 10.1. The molecule has 0 aromatic rings. The topological polar surface area (TPSA) is 37.3 Å². The molecule has 0 amide bonds. The average Bonchev–Trinajstić information content (AvgIpc) is 2.50. The summed E-state index contributed by atoms with van der Waals surface area (Å²) >= 11 is 0. The van der Waals surface area contributed by atoms with Crippen LogP contribution in [0.4, 0.5) is 0 Å². The minimum atomic E-state index is -0.755. The highest BCUT2D eigenvalue weighted by Crippen LogP contribution is 2.05. The summed E-state index contributed by atoms with van der Waals surface area (Å²) in [4.78, 5) is 10.3. The summed E-state index contributed by atoms with van der Waals surface area (Å²) in [6.07, 6.45) is 26.4. The Hall–Kier alpha value is -1.31. The minimum absolute atomic E-state index is 0.146. The quantitative estimate of drug-likeness (QED) is 0.279. The van der Waals surface area contributed by atoms with E-state index in [2.05, 4.69) is 31.2 Å². The van der Waals surface area contributed by atoms with Gasteiger partial charge in [0, 0.05) is 0 Å². The molecule has 2 heteroatoms. The first-order valence-corrected chi connectivity index (χ1v) is 8.94. The van der Waals surface area contributed by atoms with Crippen molar-refractivity contribution in [1.82, 2.24) is 0 Å². The third-order valence-electron chi connectivity index (χ3n) is 3.50. The standard InChI is InChI=1S/C20H34O2/c1-2-3-4-5-6-7-8-9-10-11-12-13-14-15-16-17-18-19-20(21)22/h6-7,11-12,17-18H,2-5,8-10,13-16,19H2,1H3,(H,21,22). The van der Waals surface area contributed by atoms with Crippen LogP contribution < -0.4 is 0 Å². The molecular formula is C20H34O2. The van der Waals surface area contributed by atoms with E-state index >= 15 is 0 Å². The van der Waals surface area contributed by atoms with Gasteiger partial charge in [-0.15, -0.1) is 0 Å². The van der Waals surface area contributed by atoms with Gasteiger partial charge in [0.15, 0.2) is 0 Å². The number of unbranched alkanes of at least 4 members (excludes halogenated alkanes) is 8. The smallest absolute Gasteiger partial charge is 0.307 e. The summed E-state index contributed by atoms with van der Waals surface area (Å²) < 4.78 is 0. The van der Waals surface area contributed by atoms with Crippen molar-refractivity contribution in [3.05, 3.63) is 36.5 Å². The SMILES string of the molecule is CCCCCC=CCCCC=CCCCCC=CCC(=O)O. The van der Waals surface area contributed by atoms with E-state index in [4.69, 9.17) is 5.11 Å². The number of aliphatic carboxylic acids is 1. The van der Waals surface area contributed by atoms with Gasteiger partial charge < -0.3 is 5.11 Å². The van der Waals surface area contributed by atoms with E-state index in [1.54, 1.807) is 6.08 Å². The third kappa shape index (κ3) is 18.7. The molecule has 0 unspecified atom stereocenters. The Morgan fingerprint density at radius 3 is 1.55 bits per heavy atom. The molecule has 1 N–H and O–H groups in total. The van der Waals surface area contributed by atoms with Crippen molar-refractivity contribution >= 4 is 5.97 Å². The molecule has 22 heavy (non-hydrogen) atoms. The minimum Gasteiger partial charge on any atom is -0.481 e. The van der Waals surface area contributed by atoms with Crippen molar-refractivity contribution in [1.29, 1.82) is 0 Å². The number of hydrogen-bond acceptors (Lipinski definition) is 1. The Labute approximate surface area is 137 Å². The largest absolute Gasteiger partial charge is 0.481 e. The van der Waals surface area contributed by atoms with E-state index in [-0.39, 0.29) is 6.42 Å². The summed E-state index contributed by atoms with van der Waals surface area (Å²) in [7, 11) is 0. The van der Waals surface area contributed by atoms with Gasteiger partial charge in [0.25, 0.3) is 0 Å². The van der Waals surface area contributed by atoms with E-state index in [9.17, 15) is 4.79 Å². The average molecular weight is 306 g/mol. The zero-order valence-electron chi connectivity index (χ0n) is 14.3. The third-order valence-corrected chi connectivity index (χ3v) is 3.50. The fraction of sp³-hybridized carbons (Fsp3) is 0.650. The number of carboxylic acid groups (broad SMARTS) is 1. The molecule has 126 valence electrons. The molecule has 2 nitrogen and oxygen atoms in total. The highest BCUT2D eigenvalue weighted by molar-refractivity contribution is 5.68. The van der Waals surface area contributed by atoms with Gasteiger partial charge in [0.05, 0.1) is 6.42 Å². The maximum Gasteiger partial charge on any atom is 0.307 e. The van der Waals surface area contributed by atoms with E-state index in [0.717, 1.165) is 19.3 Å². The predicted octanol–water partition coefficient (Wildman–Crippen LogP) is 6.44. The molecule has 0 radical (unpaired) electrons. The molecule has 0 aliphatic carbocycles. The van der Waals surface area contributed by atoms with Crippen molar-refractivity contribution in [3.8, 4) is 0 Å². The lowest BCUT2D eigenvalue weighted by Gasteiger charge is -1.94. The van der Waals surface area contributed by atoms with Gasteiger partial charge >= 0.3 is 5.97 Å². The highest BCUT2D eigenvalue weighted by Gasteiger charge is 1.89. The Balaban J connectivity index is 3.24. The first-order chi connectivity index (χ1) is 10.8. The van der Waals surface area contributed by atoms with Crippen LogP contribution in [0.5, 0.6) is 0 Å². The van der Waals surface area contributed by atoms with Crippen LogP contribution in [-0.2, 0) is 4.79 Å². The van der Waals surface area contributed by atoms with Crippen LogP contribution in [0.2, 0.25) is 0 Å². The molecule has 0 aliphatic heterocycles. The predicted molar refractivity (Wildman–Crippen MR) is 96.1 cm³/mol. The van der Waals surface area contributed by atoms with Crippen LogP contribution in [0.25, 0.3) is 0 Å². The van der Waals surface area contributed by atoms with Gasteiger partial charge in [-0.05, 0) is 57.8 Å². The van der Waals surface area contributed by atoms with Crippen molar-refractivity contribution in [2.24, 2.45) is 0 Å². The second-order valence-electron chi connectivity index (χ2n) is 5.72. The van der Waals surface area contributed by atoms with Crippen molar-refractivity contribution in [2.45, 2.75) is 84.0 Å². The molecule has 0 aliphatic rings. The van der Waals surface area contributed by atoms with Crippen LogP contribution in [0.3, 0.4) is 0 Å². The molecule has 0 fully saturated rings. The normalized spacial score (nSPS) is 12.0. The molecule has 0 aromatic carbocycles. The fourth-order valence-electron chi connectivity index (χ4n) is 2.16. The second kappa shape index (κ2) is 17.7. The number of rotatable bonds is 15. The zero-order valence-corrected chi connectivity index (χ0v) is 14.3. The monoisotopic (exact) mass is 306 g/mol. The molecule has 0 bridgehead atoms.